The predicted octanol–water partition coefficient (Wildman–Crippen LogP) is 4.18. The molecule has 13 heteroatoms. The maximum atomic E-state index is 11.9. The van der Waals surface area contributed by atoms with Crippen LogP contribution in [0.25, 0.3) is 0 Å². The van der Waals surface area contributed by atoms with E-state index in [0.717, 1.165) is 0 Å². The standard InChI is InChI=1S/C3HF6.2CF3.Al/c4-2(5,6)1-3(7,8)9;2*2-1(3)4;/h1H;;;. The summed E-state index contributed by atoms with van der Waals surface area (Å²) in [5.41, 5.74) is 0. The minimum atomic E-state index is -7.23. The molecule has 0 saturated carbocycles. The van der Waals surface area contributed by atoms with Crippen molar-refractivity contribution in [2.75, 3.05) is 0 Å². The second-order valence-electron chi connectivity index (χ2n) is 3.12. The molecule has 0 nitrogen and oxygen atoms in total. The quantitative estimate of drug-likeness (QED) is 0.503. The molecule has 0 aromatic carbocycles. The fourth-order valence-corrected chi connectivity index (χ4v) is 3.01. The van der Waals surface area contributed by atoms with Crippen molar-refractivity contribution in [1.82, 2.24) is 0 Å². The van der Waals surface area contributed by atoms with Crippen molar-refractivity contribution in [2.24, 2.45) is 0 Å². The molecule has 0 amide bonds. The molecule has 18 heavy (non-hydrogen) atoms. The molecule has 0 aliphatic carbocycles. The highest BCUT2D eigenvalue weighted by molar-refractivity contribution is 6.65. The number of alkyl halides is 12. The molecule has 0 saturated heterocycles. The van der Waals surface area contributed by atoms with Gasteiger partial charge >= 0.3 is 36.6 Å². The van der Waals surface area contributed by atoms with Crippen LogP contribution in [0, 0.1) is 0 Å². The van der Waals surface area contributed by atoms with Gasteiger partial charge < -0.3 is 0 Å². The molecule has 0 aromatic rings. The third-order valence-electron chi connectivity index (χ3n) is 1.74. The van der Waals surface area contributed by atoms with Crippen molar-refractivity contribution in [3.63, 3.8) is 0 Å². The van der Waals surface area contributed by atoms with E-state index in [1.165, 1.54) is 0 Å². The Morgan fingerprint density at radius 2 is 0.722 bits per heavy atom. The zero-order valence-electron chi connectivity index (χ0n) is 7.69. The lowest BCUT2D eigenvalue weighted by atomic mass is 10.4. The summed E-state index contributed by atoms with van der Waals surface area (Å²) in [7, 11) is 0. The van der Waals surface area contributed by atoms with E-state index in [1.54, 1.807) is 0 Å². The summed E-state index contributed by atoms with van der Waals surface area (Å²) in [6.07, 6.45) is -13.3. The molecule has 0 aromatic heterocycles. The molecule has 0 atom stereocenters. The maximum absolute atomic E-state index is 11.9. The predicted molar refractivity (Wildman–Crippen MR) is 33.7 cm³/mol. The van der Waals surface area contributed by atoms with Gasteiger partial charge in [0.1, 0.15) is 4.78 Å². The second-order valence-corrected chi connectivity index (χ2v) is 6.05. The summed E-state index contributed by atoms with van der Waals surface area (Å²) in [5, 5.41) is -13.2. The van der Waals surface area contributed by atoms with Gasteiger partial charge in [0, 0.05) is 0 Å². The Morgan fingerprint density at radius 3 is 0.778 bits per heavy atom. The molecular formula is C5HAlF12. The molecule has 0 fully saturated rings. The highest BCUT2D eigenvalue weighted by Crippen LogP contribution is 2.53. The molecule has 0 aliphatic heterocycles. The zero-order valence-corrected chi connectivity index (χ0v) is 8.84. The van der Waals surface area contributed by atoms with Crippen LogP contribution in [0.1, 0.15) is 0 Å². The van der Waals surface area contributed by atoms with E-state index in [0.29, 0.717) is 0 Å². The molecule has 0 aliphatic rings. The highest BCUT2D eigenvalue weighted by atomic mass is 27.2. The van der Waals surface area contributed by atoms with Crippen LogP contribution in [0.5, 0.6) is 0 Å². The third-order valence-corrected chi connectivity index (χ3v) is 4.58. The lowest BCUT2D eigenvalue weighted by Crippen LogP contribution is -2.58. The second kappa shape index (κ2) is 4.66. The Kier molecular flexibility index (Phi) is 4.58. The average Bonchev–Trinajstić information content (AvgIpc) is 1.89. The maximum Gasteiger partial charge on any atom is 0.605 e. The Balaban J connectivity index is 5.84. The lowest BCUT2D eigenvalue weighted by Gasteiger charge is -2.29. The van der Waals surface area contributed by atoms with Crippen molar-refractivity contribution in [1.29, 1.82) is 0 Å². The first kappa shape index (κ1) is 17.7. The molecule has 0 spiro atoms. The highest BCUT2D eigenvalue weighted by Gasteiger charge is 2.80. The summed E-state index contributed by atoms with van der Waals surface area (Å²) in [6, 6.07) is 0. The van der Waals surface area contributed by atoms with Crippen molar-refractivity contribution in [2.45, 2.75) is 27.2 Å². The van der Waals surface area contributed by atoms with Crippen LogP contribution >= 0.6 is 0 Å². The van der Waals surface area contributed by atoms with Gasteiger partial charge in [0.2, 0.25) is 0 Å². The fourth-order valence-electron chi connectivity index (χ4n) is 1.13. The van der Waals surface area contributed by atoms with E-state index in [4.69, 9.17) is 0 Å². The van der Waals surface area contributed by atoms with Crippen LogP contribution in [0.2, 0.25) is 4.78 Å². The molecule has 0 unspecified atom stereocenters. The molecule has 108 valence electrons. The van der Waals surface area contributed by atoms with Crippen LogP contribution < -0.4 is 0 Å². The van der Waals surface area contributed by atoms with Crippen molar-refractivity contribution < 1.29 is 52.7 Å². The number of halogens is 12. The molecule has 0 bridgehead atoms. The Bertz CT molecular complexity index is 219. The lowest BCUT2D eigenvalue weighted by molar-refractivity contribution is -0.243. The van der Waals surface area contributed by atoms with Crippen LogP contribution in [-0.2, 0) is 0 Å². The first-order valence-corrected chi connectivity index (χ1v) is 5.58. The molecule has 0 N–H and O–H groups in total. The molecule has 0 rings (SSSR count). The summed E-state index contributed by atoms with van der Waals surface area (Å²) in [5.74, 6) is 0. The van der Waals surface area contributed by atoms with Gasteiger partial charge in [-0.05, 0) is 0 Å². The third kappa shape index (κ3) is 4.42. The van der Waals surface area contributed by atoms with E-state index in [-0.39, 0.29) is 0 Å². The van der Waals surface area contributed by atoms with Gasteiger partial charge in [-0.3, -0.25) is 0 Å². The fraction of sp³-hybridized carbons (Fsp3) is 1.00. The van der Waals surface area contributed by atoms with Gasteiger partial charge in [0.15, 0.2) is 0 Å². The first-order chi connectivity index (χ1) is 7.49. The van der Waals surface area contributed by atoms with E-state index in [1.807, 2.05) is 0 Å². The van der Waals surface area contributed by atoms with Crippen LogP contribution in [0.3, 0.4) is 0 Å². The van der Waals surface area contributed by atoms with Gasteiger partial charge in [0.25, 0.3) is 0 Å². The summed E-state index contributed by atoms with van der Waals surface area (Å²) >= 11 is -7.23. The Hall–Kier alpha value is -0.308. The van der Waals surface area contributed by atoms with Crippen molar-refractivity contribution in [3.05, 3.63) is 0 Å². The summed E-state index contributed by atoms with van der Waals surface area (Å²) in [4.78, 5) is 0. The van der Waals surface area contributed by atoms with E-state index in [9.17, 15) is 52.7 Å². The number of hydrogen-bond donors (Lipinski definition) is 0. The first-order valence-electron chi connectivity index (χ1n) is 3.76. The molecule has 0 heterocycles. The van der Waals surface area contributed by atoms with Gasteiger partial charge in [-0.25, -0.2) is 0 Å². The van der Waals surface area contributed by atoms with Gasteiger partial charge in [-0.2, -0.15) is 52.7 Å². The van der Waals surface area contributed by atoms with Gasteiger partial charge in [-0.1, -0.05) is 0 Å². The van der Waals surface area contributed by atoms with Crippen LogP contribution in [-0.4, -0.2) is 36.6 Å². The SMILES string of the molecule is FC(F)(F)[CH]([Al]([C](F)(F)F)[C](F)(F)F)C(F)(F)F. The monoisotopic (exact) mass is 316 g/mol. The zero-order chi connectivity index (χ0) is 15.2. The minimum absolute atomic E-state index is 5.41. The Morgan fingerprint density at radius 1 is 0.500 bits per heavy atom. The smallest absolute Gasteiger partial charge is 0.190 e. The minimum Gasteiger partial charge on any atom is -0.190 e. The van der Waals surface area contributed by atoms with Gasteiger partial charge in [0.05, 0.1) is 0 Å². The van der Waals surface area contributed by atoms with Crippen LogP contribution in [0.15, 0.2) is 0 Å². The summed E-state index contributed by atoms with van der Waals surface area (Å²) in [6.45, 7) is 0. The van der Waals surface area contributed by atoms with Crippen LogP contribution in [0.4, 0.5) is 52.7 Å². The normalized spacial score (nSPS) is 15.2. The van der Waals surface area contributed by atoms with E-state index < -0.39 is 41.4 Å². The van der Waals surface area contributed by atoms with E-state index >= 15 is 0 Å². The number of rotatable bonds is 1. The average molecular weight is 316 g/mol. The topological polar surface area (TPSA) is 0 Å². The number of hydrogen-bond acceptors (Lipinski definition) is 0. The molecule has 0 radical (unpaired) electrons. The largest absolute Gasteiger partial charge is 0.605 e. The Labute approximate surface area is 94.9 Å². The van der Waals surface area contributed by atoms with Gasteiger partial charge in [-0.15, -0.1) is 0 Å². The van der Waals surface area contributed by atoms with Crippen molar-refractivity contribution >= 4 is 14.1 Å². The molecular weight excluding hydrogens is 315 g/mol. The van der Waals surface area contributed by atoms with E-state index in [2.05, 4.69) is 0 Å². The summed E-state index contributed by atoms with van der Waals surface area (Å²) < 4.78 is 137. The van der Waals surface area contributed by atoms with Crippen molar-refractivity contribution in [3.8, 4) is 0 Å².